The first kappa shape index (κ1) is 12.3. The zero-order chi connectivity index (χ0) is 12.1. The summed E-state index contributed by atoms with van der Waals surface area (Å²) in [6, 6.07) is 2.21. The maximum atomic E-state index is 5.71. The fourth-order valence-corrected chi connectivity index (χ4v) is 2.69. The van der Waals surface area contributed by atoms with Crippen LogP contribution >= 0.6 is 0 Å². The summed E-state index contributed by atoms with van der Waals surface area (Å²) < 4.78 is 5.21. The summed E-state index contributed by atoms with van der Waals surface area (Å²) >= 11 is 0. The van der Waals surface area contributed by atoms with E-state index in [0.29, 0.717) is 5.92 Å². The second-order valence-corrected chi connectivity index (χ2v) is 4.70. The number of aromatic nitrogens is 1. The molecule has 4 nitrogen and oxygen atoms in total. The number of nitrogens with zero attached hydrogens (tertiary/aromatic N) is 1. The summed E-state index contributed by atoms with van der Waals surface area (Å²) in [7, 11) is 1.66. The monoisotopic (exact) mass is 235 g/mol. The molecule has 2 rings (SSSR count). The molecule has 17 heavy (non-hydrogen) atoms. The van der Waals surface area contributed by atoms with Crippen LogP contribution in [0.5, 0.6) is 5.75 Å². The highest BCUT2D eigenvalue weighted by molar-refractivity contribution is 5.26. The van der Waals surface area contributed by atoms with Crippen molar-refractivity contribution in [1.82, 2.24) is 10.4 Å². The third kappa shape index (κ3) is 2.96. The first-order valence-electron chi connectivity index (χ1n) is 6.30. The number of rotatable bonds is 4. The van der Waals surface area contributed by atoms with Crippen molar-refractivity contribution >= 4 is 0 Å². The summed E-state index contributed by atoms with van der Waals surface area (Å²) in [6.07, 6.45) is 10.0. The molecule has 1 aliphatic carbocycles. The lowest BCUT2D eigenvalue weighted by atomic mass is 9.82. The van der Waals surface area contributed by atoms with Gasteiger partial charge in [0.2, 0.25) is 0 Å². The van der Waals surface area contributed by atoms with E-state index >= 15 is 0 Å². The van der Waals surface area contributed by atoms with Gasteiger partial charge >= 0.3 is 0 Å². The van der Waals surface area contributed by atoms with Crippen LogP contribution in [0.2, 0.25) is 0 Å². The standard InChI is InChI=1S/C13H21N3O/c1-17-12-7-11(8-15-9-12)13(16-14)10-5-3-2-4-6-10/h7-10,13,16H,2-6,14H2,1H3. The van der Waals surface area contributed by atoms with Crippen molar-refractivity contribution in [3.63, 3.8) is 0 Å². The molecule has 0 amide bonds. The second kappa shape index (κ2) is 5.98. The Bertz CT molecular complexity index is 350. The zero-order valence-corrected chi connectivity index (χ0v) is 10.4. The quantitative estimate of drug-likeness (QED) is 0.620. The Labute approximate surface area is 103 Å². The number of methoxy groups -OCH3 is 1. The smallest absolute Gasteiger partial charge is 0.137 e. The van der Waals surface area contributed by atoms with Gasteiger partial charge in [0.05, 0.1) is 19.3 Å². The Morgan fingerprint density at radius 3 is 2.76 bits per heavy atom. The number of hydrogen-bond donors (Lipinski definition) is 2. The predicted molar refractivity (Wildman–Crippen MR) is 67.4 cm³/mol. The van der Waals surface area contributed by atoms with E-state index in [9.17, 15) is 0 Å². The Kier molecular flexibility index (Phi) is 4.34. The molecule has 0 aliphatic heterocycles. The van der Waals surface area contributed by atoms with Gasteiger partial charge in [0, 0.05) is 6.20 Å². The highest BCUT2D eigenvalue weighted by Gasteiger charge is 2.24. The Morgan fingerprint density at radius 2 is 2.12 bits per heavy atom. The van der Waals surface area contributed by atoms with E-state index in [2.05, 4.69) is 10.4 Å². The van der Waals surface area contributed by atoms with Crippen molar-refractivity contribution in [3.05, 3.63) is 24.0 Å². The van der Waals surface area contributed by atoms with E-state index in [1.165, 1.54) is 32.1 Å². The van der Waals surface area contributed by atoms with Crippen LogP contribution in [0.4, 0.5) is 0 Å². The molecule has 3 N–H and O–H groups in total. The molecule has 1 aromatic rings. The van der Waals surface area contributed by atoms with E-state index in [4.69, 9.17) is 10.6 Å². The molecule has 0 aromatic carbocycles. The lowest BCUT2D eigenvalue weighted by molar-refractivity contribution is 0.272. The van der Waals surface area contributed by atoms with Crippen LogP contribution in [0.25, 0.3) is 0 Å². The molecule has 1 aliphatic rings. The van der Waals surface area contributed by atoms with Gasteiger partial charge in [-0.1, -0.05) is 19.3 Å². The third-order valence-corrected chi connectivity index (χ3v) is 3.63. The lowest BCUT2D eigenvalue weighted by Gasteiger charge is -2.29. The lowest BCUT2D eigenvalue weighted by Crippen LogP contribution is -2.34. The number of hydrazine groups is 1. The van der Waals surface area contributed by atoms with Crippen molar-refractivity contribution in [2.45, 2.75) is 38.1 Å². The number of nitrogens with one attached hydrogen (secondary N) is 1. The minimum atomic E-state index is 0.192. The van der Waals surface area contributed by atoms with Gasteiger partial charge in [-0.15, -0.1) is 0 Å². The summed E-state index contributed by atoms with van der Waals surface area (Å²) in [5.41, 5.74) is 4.07. The SMILES string of the molecule is COc1cncc(C(NN)C2CCCCC2)c1. The number of nitrogens with two attached hydrogens (primary N) is 1. The maximum Gasteiger partial charge on any atom is 0.137 e. The molecule has 1 aromatic heterocycles. The average molecular weight is 235 g/mol. The Morgan fingerprint density at radius 1 is 1.35 bits per heavy atom. The molecule has 1 saturated carbocycles. The van der Waals surface area contributed by atoms with Gasteiger partial charge < -0.3 is 4.74 Å². The van der Waals surface area contributed by atoms with Crippen LogP contribution in [-0.4, -0.2) is 12.1 Å². The van der Waals surface area contributed by atoms with Gasteiger partial charge in [-0.3, -0.25) is 16.3 Å². The topological polar surface area (TPSA) is 60.2 Å². The zero-order valence-electron chi connectivity index (χ0n) is 10.4. The van der Waals surface area contributed by atoms with E-state index < -0.39 is 0 Å². The van der Waals surface area contributed by atoms with Crippen molar-refractivity contribution in [3.8, 4) is 5.75 Å². The summed E-state index contributed by atoms with van der Waals surface area (Å²) in [5, 5.41) is 0. The van der Waals surface area contributed by atoms with Gasteiger partial charge in [0.15, 0.2) is 0 Å². The van der Waals surface area contributed by atoms with Crippen LogP contribution in [0.3, 0.4) is 0 Å². The van der Waals surface area contributed by atoms with Crippen molar-refractivity contribution in [2.75, 3.05) is 7.11 Å². The first-order chi connectivity index (χ1) is 8.35. The normalized spacial score (nSPS) is 18.9. The second-order valence-electron chi connectivity index (χ2n) is 4.70. The number of hydrogen-bond acceptors (Lipinski definition) is 4. The molecule has 4 heteroatoms. The molecule has 0 radical (unpaired) electrons. The third-order valence-electron chi connectivity index (χ3n) is 3.63. The van der Waals surface area contributed by atoms with E-state index in [0.717, 1.165) is 11.3 Å². The first-order valence-corrected chi connectivity index (χ1v) is 6.30. The van der Waals surface area contributed by atoms with Crippen LogP contribution in [0.15, 0.2) is 18.5 Å². The molecule has 1 fully saturated rings. The molecule has 0 spiro atoms. The summed E-state index contributed by atoms with van der Waals surface area (Å²) in [5.74, 6) is 7.11. The molecule has 1 heterocycles. The van der Waals surface area contributed by atoms with E-state index in [1.54, 1.807) is 13.3 Å². The number of pyridine rings is 1. The average Bonchev–Trinajstić information content (AvgIpc) is 2.41. The van der Waals surface area contributed by atoms with Crippen molar-refractivity contribution < 1.29 is 4.74 Å². The molecule has 1 unspecified atom stereocenters. The fourth-order valence-electron chi connectivity index (χ4n) is 2.69. The molecule has 0 bridgehead atoms. The Balaban J connectivity index is 2.15. The largest absolute Gasteiger partial charge is 0.495 e. The molecule has 1 atom stereocenters. The highest BCUT2D eigenvalue weighted by atomic mass is 16.5. The Hall–Kier alpha value is -1.13. The molecular formula is C13H21N3O. The van der Waals surface area contributed by atoms with Gasteiger partial charge in [-0.25, -0.2) is 0 Å². The van der Waals surface area contributed by atoms with Crippen LogP contribution < -0.4 is 16.0 Å². The van der Waals surface area contributed by atoms with E-state index in [-0.39, 0.29) is 6.04 Å². The van der Waals surface area contributed by atoms with Crippen molar-refractivity contribution in [2.24, 2.45) is 11.8 Å². The van der Waals surface area contributed by atoms with Crippen LogP contribution in [0.1, 0.15) is 43.7 Å². The van der Waals surface area contributed by atoms with Crippen LogP contribution in [0, 0.1) is 5.92 Å². The van der Waals surface area contributed by atoms with Gasteiger partial charge in [-0.2, -0.15) is 0 Å². The predicted octanol–water partition coefficient (Wildman–Crippen LogP) is 2.17. The van der Waals surface area contributed by atoms with Crippen molar-refractivity contribution in [1.29, 1.82) is 0 Å². The highest BCUT2D eigenvalue weighted by Crippen LogP contribution is 2.34. The minimum Gasteiger partial charge on any atom is -0.495 e. The van der Waals surface area contributed by atoms with Gasteiger partial charge in [0.25, 0.3) is 0 Å². The summed E-state index contributed by atoms with van der Waals surface area (Å²) in [4.78, 5) is 4.20. The molecular weight excluding hydrogens is 214 g/mol. The van der Waals surface area contributed by atoms with Gasteiger partial charge in [0.1, 0.15) is 5.75 Å². The molecule has 0 saturated heterocycles. The van der Waals surface area contributed by atoms with Crippen LogP contribution in [-0.2, 0) is 0 Å². The molecule has 94 valence electrons. The summed E-state index contributed by atoms with van der Waals surface area (Å²) in [6.45, 7) is 0. The fraction of sp³-hybridized carbons (Fsp3) is 0.615. The minimum absolute atomic E-state index is 0.192. The number of ether oxygens (including phenoxy) is 1. The maximum absolute atomic E-state index is 5.71. The van der Waals surface area contributed by atoms with Gasteiger partial charge in [-0.05, 0) is 30.4 Å². The van der Waals surface area contributed by atoms with E-state index in [1.807, 2.05) is 12.3 Å².